The first kappa shape index (κ1) is 18.2. The van der Waals surface area contributed by atoms with Crippen LogP contribution in [0.4, 0.5) is 13.2 Å². The van der Waals surface area contributed by atoms with Gasteiger partial charge in [0.2, 0.25) is 5.91 Å². The van der Waals surface area contributed by atoms with Crippen molar-refractivity contribution in [1.29, 1.82) is 0 Å². The molecule has 1 heterocycles. The molecule has 4 unspecified atom stereocenters. The molecule has 1 aromatic carbocycles. The molecule has 3 rings (SSSR count). The van der Waals surface area contributed by atoms with Crippen molar-refractivity contribution >= 4 is 5.91 Å². The summed E-state index contributed by atoms with van der Waals surface area (Å²) in [6, 6.07) is 5.65. The van der Waals surface area contributed by atoms with Crippen molar-refractivity contribution in [1.82, 2.24) is 10.2 Å². The van der Waals surface area contributed by atoms with Gasteiger partial charge in [-0.1, -0.05) is 37.3 Å². The molecule has 138 valence electrons. The van der Waals surface area contributed by atoms with Crippen molar-refractivity contribution in [2.24, 2.45) is 11.8 Å². The van der Waals surface area contributed by atoms with Crippen molar-refractivity contribution in [3.63, 3.8) is 0 Å². The minimum absolute atomic E-state index is 0.120. The summed E-state index contributed by atoms with van der Waals surface area (Å²) in [6.07, 6.45) is -2.24. The van der Waals surface area contributed by atoms with E-state index in [0.29, 0.717) is 25.3 Å². The van der Waals surface area contributed by atoms with Gasteiger partial charge in [0.05, 0.1) is 0 Å². The third-order valence-electron chi connectivity index (χ3n) is 5.53. The zero-order valence-corrected chi connectivity index (χ0v) is 14.4. The van der Waals surface area contributed by atoms with Crippen LogP contribution in [0, 0.1) is 11.8 Å². The number of benzene rings is 1. The third kappa shape index (κ3) is 3.68. The average Bonchev–Trinajstić information content (AvgIpc) is 3.16. The lowest BCUT2D eigenvalue weighted by atomic mass is 9.93. The number of hydrogen-bond donors (Lipinski definition) is 1. The van der Waals surface area contributed by atoms with Crippen molar-refractivity contribution < 1.29 is 18.0 Å². The van der Waals surface area contributed by atoms with Crippen LogP contribution in [0.2, 0.25) is 0 Å². The number of amides is 1. The highest BCUT2D eigenvalue weighted by Crippen LogP contribution is 2.45. The van der Waals surface area contributed by atoms with E-state index in [1.54, 1.807) is 18.2 Å². The second-order valence-corrected chi connectivity index (χ2v) is 7.13. The summed E-state index contributed by atoms with van der Waals surface area (Å²) in [7, 11) is 0. The van der Waals surface area contributed by atoms with Crippen LogP contribution >= 0.6 is 0 Å². The smallest absolute Gasteiger partial charge is 0.323 e. The Labute approximate surface area is 146 Å². The maximum absolute atomic E-state index is 14.0. The van der Waals surface area contributed by atoms with Crippen molar-refractivity contribution in [2.45, 2.75) is 50.9 Å². The number of alkyl halides is 3. The Morgan fingerprint density at radius 3 is 2.60 bits per heavy atom. The molecule has 2 fully saturated rings. The molecule has 0 aromatic heterocycles. The average molecular weight is 354 g/mol. The fourth-order valence-electron chi connectivity index (χ4n) is 4.47. The van der Waals surface area contributed by atoms with Crippen LogP contribution in [0.3, 0.4) is 0 Å². The Kier molecular flexibility index (Phi) is 5.37. The molecule has 25 heavy (non-hydrogen) atoms. The highest BCUT2D eigenvalue weighted by Gasteiger charge is 2.52. The number of nitrogens with zero attached hydrogens (tertiary/aromatic N) is 1. The van der Waals surface area contributed by atoms with E-state index in [4.69, 9.17) is 0 Å². The van der Waals surface area contributed by atoms with E-state index in [9.17, 15) is 18.0 Å². The van der Waals surface area contributed by atoms with Crippen LogP contribution in [0.15, 0.2) is 30.3 Å². The van der Waals surface area contributed by atoms with Gasteiger partial charge in [-0.25, -0.2) is 0 Å². The second-order valence-electron chi connectivity index (χ2n) is 7.13. The van der Waals surface area contributed by atoms with E-state index in [-0.39, 0.29) is 29.9 Å². The van der Waals surface area contributed by atoms with Gasteiger partial charge < -0.3 is 10.2 Å². The molecule has 1 aliphatic heterocycles. The fourth-order valence-corrected chi connectivity index (χ4v) is 4.47. The van der Waals surface area contributed by atoms with Crippen LogP contribution in [0.25, 0.3) is 0 Å². The minimum atomic E-state index is -4.49. The van der Waals surface area contributed by atoms with Crippen molar-refractivity contribution in [2.75, 3.05) is 13.1 Å². The van der Waals surface area contributed by atoms with E-state index in [0.717, 1.165) is 13.0 Å². The van der Waals surface area contributed by atoms with E-state index < -0.39 is 12.2 Å². The van der Waals surface area contributed by atoms with Crippen LogP contribution in [0.1, 0.15) is 44.2 Å². The molecule has 1 amide bonds. The zero-order chi connectivity index (χ0) is 18.0. The first-order chi connectivity index (χ1) is 11.9. The van der Waals surface area contributed by atoms with Gasteiger partial charge in [0.1, 0.15) is 0 Å². The molecule has 1 aromatic rings. The molecule has 4 atom stereocenters. The van der Waals surface area contributed by atoms with Gasteiger partial charge in [-0.15, -0.1) is 0 Å². The number of halogens is 3. The molecule has 0 bridgehead atoms. The van der Waals surface area contributed by atoms with Gasteiger partial charge >= 0.3 is 6.18 Å². The number of carbonyl (C=O) groups is 1. The molecule has 0 spiro atoms. The minimum Gasteiger partial charge on any atom is -0.323 e. The topological polar surface area (TPSA) is 32.3 Å². The lowest BCUT2D eigenvalue weighted by Crippen LogP contribution is -2.50. The Morgan fingerprint density at radius 2 is 1.96 bits per heavy atom. The lowest BCUT2D eigenvalue weighted by Gasteiger charge is -2.40. The highest BCUT2D eigenvalue weighted by atomic mass is 19.4. The molecule has 6 heteroatoms. The molecule has 2 aliphatic rings. The number of nitrogens with one attached hydrogen (secondary N) is 1. The Balaban J connectivity index is 2.00. The molecule has 0 radical (unpaired) electrons. The van der Waals surface area contributed by atoms with Crippen LogP contribution in [-0.2, 0) is 4.79 Å². The molecule has 1 saturated carbocycles. The van der Waals surface area contributed by atoms with Gasteiger partial charge in [0, 0.05) is 19.0 Å². The summed E-state index contributed by atoms with van der Waals surface area (Å²) < 4.78 is 42.1. The predicted molar refractivity (Wildman–Crippen MR) is 89.9 cm³/mol. The van der Waals surface area contributed by atoms with Crippen LogP contribution in [-0.4, -0.2) is 36.1 Å². The molecule has 1 N–H and O–H groups in total. The first-order valence-corrected chi connectivity index (χ1v) is 9.07. The highest BCUT2D eigenvalue weighted by molar-refractivity contribution is 5.77. The molecular weight excluding hydrogens is 329 g/mol. The first-order valence-electron chi connectivity index (χ1n) is 9.07. The van der Waals surface area contributed by atoms with E-state index in [2.05, 4.69) is 5.32 Å². The molecule has 3 nitrogen and oxygen atoms in total. The fraction of sp³-hybridized carbons (Fsp3) is 0.632. The van der Waals surface area contributed by atoms with Crippen LogP contribution < -0.4 is 5.32 Å². The maximum Gasteiger partial charge on any atom is 0.413 e. The standard InChI is InChI=1S/C19H25F3N2O/c1-2-6-17(25)24(16-10-9-14-11-23-12-15(14)16)18(19(20,21)22)13-7-4-3-5-8-13/h3-5,7-8,14-16,18,23H,2,6,9-12H2,1H3. The van der Waals surface area contributed by atoms with E-state index in [1.165, 1.54) is 17.0 Å². The largest absolute Gasteiger partial charge is 0.413 e. The second kappa shape index (κ2) is 7.36. The lowest BCUT2D eigenvalue weighted by molar-refractivity contribution is -0.199. The molecule has 1 aliphatic carbocycles. The summed E-state index contributed by atoms with van der Waals surface area (Å²) >= 11 is 0. The normalized spacial score (nSPS) is 27.1. The molecule has 1 saturated heterocycles. The van der Waals surface area contributed by atoms with Gasteiger partial charge in [0.25, 0.3) is 0 Å². The third-order valence-corrected chi connectivity index (χ3v) is 5.53. The summed E-state index contributed by atoms with van der Waals surface area (Å²) in [5.74, 6) is 0.118. The van der Waals surface area contributed by atoms with Crippen molar-refractivity contribution in [3.8, 4) is 0 Å². The van der Waals surface area contributed by atoms with Gasteiger partial charge in [-0.05, 0) is 43.2 Å². The van der Waals surface area contributed by atoms with Gasteiger partial charge in [-0.3, -0.25) is 4.79 Å². The number of hydrogen-bond acceptors (Lipinski definition) is 2. The number of fused-ring (bicyclic) bond motifs is 1. The van der Waals surface area contributed by atoms with E-state index >= 15 is 0 Å². The molecular formula is C19H25F3N2O. The number of rotatable bonds is 5. The Morgan fingerprint density at radius 1 is 1.24 bits per heavy atom. The maximum atomic E-state index is 14.0. The Bertz CT molecular complexity index is 590. The summed E-state index contributed by atoms with van der Waals surface area (Å²) in [5, 5.41) is 3.28. The van der Waals surface area contributed by atoms with Crippen LogP contribution in [0.5, 0.6) is 0 Å². The zero-order valence-electron chi connectivity index (χ0n) is 14.4. The quantitative estimate of drug-likeness (QED) is 0.869. The summed E-state index contributed by atoms with van der Waals surface area (Å²) in [6.45, 7) is 3.37. The van der Waals surface area contributed by atoms with Gasteiger partial charge in [0.15, 0.2) is 6.04 Å². The van der Waals surface area contributed by atoms with Gasteiger partial charge in [-0.2, -0.15) is 13.2 Å². The predicted octanol–water partition coefficient (Wildman–Crippen LogP) is 3.92. The van der Waals surface area contributed by atoms with E-state index in [1.807, 2.05) is 6.92 Å². The SMILES string of the molecule is CCCC(=O)N(C1CCC2CNCC21)C(c1ccccc1)C(F)(F)F. The number of carbonyl (C=O) groups excluding carboxylic acids is 1. The summed E-state index contributed by atoms with van der Waals surface area (Å²) in [5.41, 5.74) is 0.147. The Hall–Kier alpha value is -1.56. The monoisotopic (exact) mass is 354 g/mol. The summed E-state index contributed by atoms with van der Waals surface area (Å²) in [4.78, 5) is 14.0. The van der Waals surface area contributed by atoms with Crippen molar-refractivity contribution in [3.05, 3.63) is 35.9 Å².